The monoisotopic (exact) mass is 487 g/mol. The van der Waals surface area contributed by atoms with Crippen molar-refractivity contribution >= 4 is 11.8 Å². The van der Waals surface area contributed by atoms with Crippen molar-refractivity contribution in [2.75, 3.05) is 13.1 Å². The average molecular weight is 488 g/mol. The van der Waals surface area contributed by atoms with Crippen LogP contribution < -0.4 is 5.32 Å². The number of hydrogen-bond donors (Lipinski definition) is 1. The molecule has 1 aliphatic heterocycles. The summed E-state index contributed by atoms with van der Waals surface area (Å²) in [6.45, 7) is 3.01. The smallest absolute Gasteiger partial charge is 0.227 e. The van der Waals surface area contributed by atoms with E-state index in [1.165, 1.54) is 18.6 Å². The van der Waals surface area contributed by atoms with Gasteiger partial charge < -0.3 is 15.0 Å². The van der Waals surface area contributed by atoms with Crippen molar-refractivity contribution in [2.24, 2.45) is 0 Å². The second-order valence-corrected chi connectivity index (χ2v) is 9.66. The highest BCUT2D eigenvalue weighted by Gasteiger charge is 2.54. The Morgan fingerprint density at radius 2 is 1.75 bits per heavy atom. The molecule has 186 valence electrons. The third-order valence-corrected chi connectivity index (χ3v) is 7.53. The first-order valence-corrected chi connectivity index (χ1v) is 12.4. The van der Waals surface area contributed by atoms with Crippen molar-refractivity contribution < 1.29 is 18.7 Å². The molecule has 1 aromatic heterocycles. The molecule has 0 radical (unpaired) electrons. The number of pyridine rings is 1. The fraction of sp³-hybridized carbons (Fsp3) is 0.345. The molecule has 5 rings (SSSR count). The Bertz CT molecular complexity index is 1240. The molecule has 36 heavy (non-hydrogen) atoms. The highest BCUT2D eigenvalue weighted by atomic mass is 19.1. The highest BCUT2D eigenvalue weighted by molar-refractivity contribution is 5.79. The van der Waals surface area contributed by atoms with Crippen LogP contribution >= 0.6 is 0 Å². The van der Waals surface area contributed by atoms with Crippen molar-refractivity contribution in [3.8, 4) is 0 Å². The number of carbonyl (C=O) groups excluding carboxylic acids is 2. The van der Waals surface area contributed by atoms with Crippen molar-refractivity contribution in [1.29, 1.82) is 0 Å². The van der Waals surface area contributed by atoms with Gasteiger partial charge in [0.05, 0.1) is 25.2 Å². The Labute approximate surface area is 210 Å². The second-order valence-electron chi connectivity index (χ2n) is 9.66. The summed E-state index contributed by atoms with van der Waals surface area (Å²) in [5.74, 6) is -0.539. The minimum Gasteiger partial charge on any atom is -0.370 e. The first-order chi connectivity index (χ1) is 17.5. The lowest BCUT2D eigenvalue weighted by atomic mass is 9.71. The molecule has 2 aliphatic rings. The molecule has 2 heterocycles. The summed E-state index contributed by atoms with van der Waals surface area (Å²) < 4.78 is 20.7. The van der Waals surface area contributed by atoms with E-state index in [0.717, 1.165) is 11.1 Å². The number of fused-ring (bicyclic) bond motifs is 2. The van der Waals surface area contributed by atoms with E-state index in [4.69, 9.17) is 4.74 Å². The second kappa shape index (κ2) is 10.2. The Balaban J connectivity index is 1.39. The van der Waals surface area contributed by atoms with Gasteiger partial charge in [0.2, 0.25) is 11.8 Å². The number of rotatable bonds is 6. The van der Waals surface area contributed by atoms with Crippen LogP contribution in [0.15, 0.2) is 73.1 Å². The summed E-state index contributed by atoms with van der Waals surface area (Å²) >= 11 is 0. The van der Waals surface area contributed by atoms with Crippen molar-refractivity contribution in [3.05, 3.63) is 101 Å². The van der Waals surface area contributed by atoms with Crippen LogP contribution in [0.2, 0.25) is 0 Å². The predicted molar refractivity (Wildman–Crippen MR) is 133 cm³/mol. The SMILES string of the molecule is CC(=O)N[C@@H]1c2ccccc2C2(CCN(C(=O)Cc3ccccc3F)CC2)[C@H]1OCc1ccncc1. The maximum absolute atomic E-state index is 14.1. The van der Waals surface area contributed by atoms with E-state index in [9.17, 15) is 14.0 Å². The number of hydrogen-bond acceptors (Lipinski definition) is 4. The van der Waals surface area contributed by atoms with E-state index in [1.807, 2.05) is 29.2 Å². The molecule has 1 saturated heterocycles. The molecule has 1 N–H and O–H groups in total. The van der Waals surface area contributed by atoms with E-state index in [-0.39, 0.29) is 41.6 Å². The lowest BCUT2D eigenvalue weighted by Gasteiger charge is -2.44. The zero-order valence-electron chi connectivity index (χ0n) is 20.3. The average Bonchev–Trinajstić information content (AvgIpc) is 3.13. The maximum Gasteiger partial charge on any atom is 0.227 e. The number of carbonyl (C=O) groups is 2. The lowest BCUT2D eigenvalue weighted by molar-refractivity contribution is -0.133. The molecule has 1 fully saturated rings. The largest absolute Gasteiger partial charge is 0.370 e. The summed E-state index contributed by atoms with van der Waals surface area (Å²) in [6, 6.07) is 18.2. The fourth-order valence-corrected chi connectivity index (χ4v) is 5.78. The molecule has 3 aromatic rings. The van der Waals surface area contributed by atoms with Gasteiger partial charge in [-0.1, -0.05) is 42.5 Å². The summed E-state index contributed by atoms with van der Waals surface area (Å²) in [7, 11) is 0. The van der Waals surface area contributed by atoms with Crippen LogP contribution in [0.25, 0.3) is 0 Å². The molecule has 0 saturated carbocycles. The van der Waals surface area contributed by atoms with Crippen LogP contribution in [0.1, 0.15) is 48.1 Å². The number of halogens is 1. The topological polar surface area (TPSA) is 71.5 Å². The van der Waals surface area contributed by atoms with Crippen LogP contribution in [-0.2, 0) is 32.8 Å². The quantitative estimate of drug-likeness (QED) is 0.568. The molecular formula is C29H30FN3O3. The summed E-state index contributed by atoms with van der Waals surface area (Å²) in [6.07, 6.45) is 4.64. The number of benzene rings is 2. The van der Waals surface area contributed by atoms with Crippen molar-refractivity contribution in [1.82, 2.24) is 15.2 Å². The van der Waals surface area contributed by atoms with Gasteiger partial charge in [0, 0.05) is 37.8 Å². The minimum absolute atomic E-state index is 0.0484. The standard InChI is InChI=1S/C29H30FN3O3/c1-20(34)32-27-23-7-3-4-8-24(23)29(28(27)36-19-21-10-14-31-15-11-21)12-16-33(17-13-29)26(35)18-22-6-2-5-9-25(22)30/h2-11,14-15,27-28H,12-13,16-19H2,1H3,(H,32,34)/t27-,28+/m1/s1. The number of ether oxygens (including phenoxy) is 1. The molecule has 2 atom stereocenters. The van der Waals surface area contributed by atoms with Gasteiger partial charge in [0.1, 0.15) is 5.82 Å². The molecule has 1 aliphatic carbocycles. The molecule has 1 spiro atoms. The summed E-state index contributed by atoms with van der Waals surface area (Å²) in [4.78, 5) is 31.1. The number of piperidine rings is 1. The van der Waals surface area contributed by atoms with Gasteiger partial charge in [0.15, 0.2) is 0 Å². The van der Waals surface area contributed by atoms with Gasteiger partial charge in [-0.15, -0.1) is 0 Å². The van der Waals surface area contributed by atoms with E-state index >= 15 is 0 Å². The number of likely N-dealkylation sites (tertiary alicyclic amines) is 1. The minimum atomic E-state index is -0.355. The molecule has 2 amide bonds. The Kier molecular flexibility index (Phi) is 6.83. The fourth-order valence-electron chi connectivity index (χ4n) is 5.78. The van der Waals surface area contributed by atoms with E-state index < -0.39 is 0 Å². The van der Waals surface area contributed by atoms with E-state index in [2.05, 4.69) is 22.4 Å². The van der Waals surface area contributed by atoms with Gasteiger partial charge in [-0.2, -0.15) is 0 Å². The molecule has 2 aromatic carbocycles. The molecule has 7 heteroatoms. The van der Waals surface area contributed by atoms with Gasteiger partial charge >= 0.3 is 0 Å². The Hall–Kier alpha value is -3.58. The first-order valence-electron chi connectivity index (χ1n) is 12.4. The molecule has 6 nitrogen and oxygen atoms in total. The number of nitrogens with one attached hydrogen (secondary N) is 1. The van der Waals surface area contributed by atoms with Gasteiger partial charge in [-0.3, -0.25) is 14.6 Å². The number of aromatic nitrogens is 1. The number of amides is 2. The third-order valence-electron chi connectivity index (χ3n) is 7.53. The third kappa shape index (κ3) is 4.63. The predicted octanol–water partition coefficient (Wildman–Crippen LogP) is 4.10. The highest BCUT2D eigenvalue weighted by Crippen LogP contribution is 2.52. The van der Waals surface area contributed by atoms with Crippen molar-refractivity contribution in [3.63, 3.8) is 0 Å². The van der Waals surface area contributed by atoms with Crippen molar-refractivity contribution in [2.45, 2.75) is 50.4 Å². The van der Waals surface area contributed by atoms with Crippen LogP contribution in [-0.4, -0.2) is 40.9 Å². The van der Waals surface area contributed by atoms with Crippen LogP contribution in [0.3, 0.4) is 0 Å². The summed E-state index contributed by atoms with van der Waals surface area (Å²) in [5.41, 5.74) is 3.32. The van der Waals surface area contributed by atoms with Gasteiger partial charge in [-0.25, -0.2) is 4.39 Å². The van der Waals surface area contributed by atoms with Crippen LogP contribution in [0.5, 0.6) is 0 Å². The zero-order chi connectivity index (χ0) is 25.1. The maximum atomic E-state index is 14.1. The van der Waals surface area contributed by atoms with Crippen LogP contribution in [0.4, 0.5) is 4.39 Å². The first kappa shape index (κ1) is 24.1. The van der Waals surface area contributed by atoms with Gasteiger partial charge in [-0.05, 0) is 53.3 Å². The summed E-state index contributed by atoms with van der Waals surface area (Å²) in [5, 5.41) is 3.13. The van der Waals surface area contributed by atoms with Gasteiger partial charge in [0.25, 0.3) is 0 Å². The van der Waals surface area contributed by atoms with E-state index in [1.54, 1.807) is 30.6 Å². The molecular weight excluding hydrogens is 457 g/mol. The number of nitrogens with zero attached hydrogens (tertiary/aromatic N) is 2. The normalized spacial score (nSPS) is 20.2. The lowest BCUT2D eigenvalue weighted by Crippen LogP contribution is -2.52. The molecule has 0 bridgehead atoms. The Morgan fingerprint density at radius 3 is 2.47 bits per heavy atom. The molecule has 0 unspecified atom stereocenters. The zero-order valence-corrected chi connectivity index (χ0v) is 20.3. The van der Waals surface area contributed by atoms with Crippen LogP contribution in [0, 0.1) is 5.82 Å². The Morgan fingerprint density at radius 1 is 1.06 bits per heavy atom. The van der Waals surface area contributed by atoms with E-state index in [0.29, 0.717) is 38.1 Å².